The molecule has 1 aliphatic rings. The molecule has 5 rings (SSSR count). The van der Waals surface area contributed by atoms with Crippen molar-refractivity contribution in [2.75, 3.05) is 26.2 Å². The summed E-state index contributed by atoms with van der Waals surface area (Å²) in [5, 5.41) is 12.4. The van der Waals surface area contributed by atoms with E-state index in [2.05, 4.69) is 26.0 Å². The van der Waals surface area contributed by atoms with Crippen molar-refractivity contribution in [1.82, 2.24) is 14.8 Å². The maximum atomic E-state index is 15.4. The Morgan fingerprint density at radius 1 is 0.897 bits per heavy atom. The van der Waals surface area contributed by atoms with E-state index in [1.165, 1.54) is 36.1 Å². The van der Waals surface area contributed by atoms with Crippen LogP contribution in [0, 0.1) is 5.82 Å². The molecule has 3 aromatic carbocycles. The minimum absolute atomic E-state index is 0.00284. The third-order valence-corrected chi connectivity index (χ3v) is 9.15. The molecule has 1 fully saturated rings. The number of hydrogen-bond acceptors (Lipinski definition) is 6. The number of pyridine rings is 1. The third kappa shape index (κ3) is 11.4. The molecule has 2 heterocycles. The van der Waals surface area contributed by atoms with Crippen LogP contribution in [0.4, 0.5) is 48.3 Å². The van der Waals surface area contributed by atoms with E-state index in [-0.39, 0.29) is 49.7 Å². The van der Waals surface area contributed by atoms with Crippen molar-refractivity contribution in [3.05, 3.63) is 121 Å². The number of rotatable bonds is 10. The van der Waals surface area contributed by atoms with Crippen LogP contribution in [0.3, 0.4) is 0 Å². The number of aromatic hydroxyl groups is 1. The van der Waals surface area contributed by atoms with Gasteiger partial charge < -0.3 is 15.2 Å². The number of nitrogens with one attached hydrogen (secondary N) is 1. The molecular formula is C38H33BrF11N3O5. The Morgan fingerprint density at radius 2 is 1.52 bits per heavy atom. The maximum Gasteiger partial charge on any atom is 0.419 e. The van der Waals surface area contributed by atoms with Crippen molar-refractivity contribution < 1.29 is 67.7 Å². The van der Waals surface area contributed by atoms with Crippen LogP contribution in [0.1, 0.15) is 53.3 Å². The minimum Gasteiger partial charge on any atom is -0.507 e. The van der Waals surface area contributed by atoms with Crippen molar-refractivity contribution in [2.45, 2.75) is 57.6 Å². The van der Waals surface area contributed by atoms with Gasteiger partial charge >= 0.3 is 24.5 Å². The van der Waals surface area contributed by atoms with Crippen LogP contribution in [-0.4, -0.2) is 58.9 Å². The molecule has 2 N–H and O–H groups in total. The normalized spacial score (nSPS) is 14.2. The van der Waals surface area contributed by atoms with Crippen LogP contribution < -0.4 is 10.9 Å². The number of nitrogens with zero attached hydrogens (tertiary/aromatic N) is 2. The number of aromatic nitrogens is 1. The van der Waals surface area contributed by atoms with Crippen LogP contribution in [0.2, 0.25) is 0 Å². The number of ether oxygens (including phenoxy) is 1. The number of amides is 1. The average molecular weight is 901 g/mol. The highest BCUT2D eigenvalue weighted by atomic mass is 79.9. The van der Waals surface area contributed by atoms with Gasteiger partial charge in [-0.2, -0.15) is 39.5 Å². The minimum atomic E-state index is -5.45. The fourth-order valence-corrected chi connectivity index (χ4v) is 6.48. The van der Waals surface area contributed by atoms with Crippen LogP contribution in [0.25, 0.3) is 11.1 Å². The van der Waals surface area contributed by atoms with Crippen LogP contribution in [0.5, 0.6) is 5.75 Å². The van der Waals surface area contributed by atoms with Crippen molar-refractivity contribution in [1.29, 1.82) is 0 Å². The number of alkyl halides is 10. The molecule has 0 radical (unpaired) electrons. The van der Waals surface area contributed by atoms with E-state index < -0.39 is 99.3 Å². The molecule has 1 saturated heterocycles. The maximum absolute atomic E-state index is 15.4. The van der Waals surface area contributed by atoms with E-state index in [1.807, 2.05) is 0 Å². The van der Waals surface area contributed by atoms with Gasteiger partial charge in [0.05, 0.1) is 23.3 Å². The third-order valence-electron chi connectivity index (χ3n) is 8.66. The first-order chi connectivity index (χ1) is 26.9. The average Bonchev–Trinajstić information content (AvgIpc) is 3.09. The molecule has 1 atom stereocenters. The second-order valence-corrected chi connectivity index (χ2v) is 13.8. The lowest BCUT2D eigenvalue weighted by molar-refractivity contribution is -0.141. The lowest BCUT2D eigenvalue weighted by atomic mass is 9.94. The lowest BCUT2D eigenvalue weighted by Crippen LogP contribution is -2.49. The lowest BCUT2D eigenvalue weighted by Gasteiger charge is -2.34. The number of halogens is 12. The van der Waals surface area contributed by atoms with Gasteiger partial charge in [0.15, 0.2) is 0 Å². The van der Waals surface area contributed by atoms with Crippen LogP contribution >= 0.6 is 15.9 Å². The Hall–Kier alpha value is -4.98. The predicted octanol–water partition coefficient (Wildman–Crippen LogP) is 8.85. The Morgan fingerprint density at radius 3 is 2.05 bits per heavy atom. The summed E-state index contributed by atoms with van der Waals surface area (Å²) in [5.74, 6) is -4.46. The van der Waals surface area contributed by atoms with E-state index in [0.29, 0.717) is 27.8 Å². The smallest absolute Gasteiger partial charge is 0.419 e. The number of benzene rings is 3. The summed E-state index contributed by atoms with van der Waals surface area (Å²) >= 11 is 3.19. The number of hydrogen-bond donors (Lipinski definition) is 2. The number of phenolic OH excluding ortho intramolecular Hbond substituents is 1. The predicted molar refractivity (Wildman–Crippen MR) is 191 cm³/mol. The van der Waals surface area contributed by atoms with E-state index >= 15 is 4.39 Å². The van der Waals surface area contributed by atoms with Gasteiger partial charge in [-0.25, -0.2) is 8.78 Å². The highest BCUT2D eigenvalue weighted by molar-refractivity contribution is 9.10. The Bertz CT molecular complexity index is 2180. The van der Waals surface area contributed by atoms with E-state index in [4.69, 9.17) is 0 Å². The molecule has 1 aliphatic heterocycles. The van der Waals surface area contributed by atoms with Gasteiger partial charge in [0, 0.05) is 61.0 Å². The van der Waals surface area contributed by atoms with Gasteiger partial charge in [0.2, 0.25) is 5.91 Å². The van der Waals surface area contributed by atoms with Crippen LogP contribution in [0.15, 0.2) is 76.1 Å². The first-order valence-corrected chi connectivity index (χ1v) is 17.9. The second-order valence-electron chi connectivity index (χ2n) is 12.9. The largest absolute Gasteiger partial charge is 0.507 e. The fraction of sp³-hybridized carbons (Fsp3) is 0.342. The summed E-state index contributed by atoms with van der Waals surface area (Å²) in [4.78, 5) is 38.4. The summed E-state index contributed by atoms with van der Waals surface area (Å²) in [6.07, 6.45) is -16.3. The number of carbonyl (C=O) groups excluding carboxylic acids is 2. The van der Waals surface area contributed by atoms with Gasteiger partial charge in [0.25, 0.3) is 5.56 Å². The molecular weight excluding hydrogens is 867 g/mol. The highest BCUT2D eigenvalue weighted by Crippen LogP contribution is 2.44. The summed E-state index contributed by atoms with van der Waals surface area (Å²) in [7, 11) is 0. The first-order valence-electron chi connectivity index (χ1n) is 17.1. The van der Waals surface area contributed by atoms with Gasteiger partial charge in [0.1, 0.15) is 23.8 Å². The molecule has 0 bridgehead atoms. The van der Waals surface area contributed by atoms with Gasteiger partial charge in [-0.05, 0) is 66.4 Å². The van der Waals surface area contributed by atoms with Gasteiger partial charge in [-0.3, -0.25) is 23.9 Å². The fourth-order valence-electron chi connectivity index (χ4n) is 6.07. The molecule has 4 aromatic rings. The van der Waals surface area contributed by atoms with Crippen molar-refractivity contribution in [3.63, 3.8) is 0 Å². The van der Waals surface area contributed by atoms with E-state index in [0.717, 1.165) is 18.3 Å². The zero-order chi connectivity index (χ0) is 43.3. The molecule has 1 unspecified atom stereocenters. The highest BCUT2D eigenvalue weighted by Gasteiger charge is 2.40. The molecule has 0 spiro atoms. The Kier molecular flexibility index (Phi) is 14.4. The quantitative estimate of drug-likeness (QED) is 0.122. The number of phenols is 1. The zero-order valence-corrected chi connectivity index (χ0v) is 31.8. The van der Waals surface area contributed by atoms with Crippen molar-refractivity contribution in [2.24, 2.45) is 0 Å². The topological polar surface area (TPSA) is 101 Å². The summed E-state index contributed by atoms with van der Waals surface area (Å²) in [6, 6.07) is 6.77. The molecule has 1 amide bonds. The van der Waals surface area contributed by atoms with Gasteiger partial charge in [-0.1, -0.05) is 34.1 Å². The van der Waals surface area contributed by atoms with Gasteiger partial charge in [-0.15, -0.1) is 0 Å². The summed E-state index contributed by atoms with van der Waals surface area (Å²) in [6.45, 7) is 2.49. The standard InChI is InChI=1S/C34H25BrF11N3O3.C4H8O2/c35-21-4-1-3-17(10-21)30(49-14-18(7-8-48-15-22(36)16-48)24(12-27(49)51)33(41,42)43)31(52)47-13-20-9-19(11-25(29(20)37)34(44,45)46)28-23(32(38,39)40)5-2-6-26(28)50;1-3-6-4(2)5/h1-6,9-12,14,22,30,50H,7-8,13,15-16H2,(H,47,52);3H2,1-2H3. The van der Waals surface area contributed by atoms with Crippen molar-refractivity contribution in [3.8, 4) is 16.9 Å². The Labute approximate surface area is 331 Å². The molecule has 314 valence electrons. The molecule has 58 heavy (non-hydrogen) atoms. The van der Waals surface area contributed by atoms with E-state index in [9.17, 15) is 63.4 Å². The number of esters is 1. The summed E-state index contributed by atoms with van der Waals surface area (Å²) < 4.78 is 160. The van der Waals surface area contributed by atoms with E-state index in [1.54, 1.807) is 6.92 Å². The monoisotopic (exact) mass is 899 g/mol. The SMILES string of the molecule is CCOC(C)=O.O=C(NCc1cc(-c2c(O)cccc2C(F)(F)F)cc(C(F)(F)F)c1F)C(c1cccc(Br)c1)n1cc(CCN2CC(F)C2)c(C(F)(F)F)cc1=O. The number of carbonyl (C=O) groups is 2. The molecule has 0 aliphatic carbocycles. The van der Waals surface area contributed by atoms with Crippen LogP contribution in [-0.2, 0) is 45.8 Å². The van der Waals surface area contributed by atoms with Crippen molar-refractivity contribution >= 4 is 27.8 Å². The second kappa shape index (κ2) is 18.3. The molecule has 1 aromatic heterocycles. The molecule has 8 nitrogen and oxygen atoms in total. The molecule has 20 heteroatoms. The Balaban J connectivity index is 0.00000115. The zero-order valence-electron chi connectivity index (χ0n) is 30.3. The summed E-state index contributed by atoms with van der Waals surface area (Å²) in [5.41, 5.74) is -9.55. The molecule has 0 saturated carbocycles. The first kappa shape index (κ1) is 45.7. The number of likely N-dealkylation sites (tertiary alicyclic amines) is 1.